The number of nitrogens with one attached hydrogen (secondary N) is 2. The molecule has 4 N–H and O–H groups in total. The fourth-order valence-electron chi connectivity index (χ4n) is 4.84. The molecule has 4 rings (SSSR count). The maximum Gasteiger partial charge on any atom is 0.311 e. The molecule has 0 aliphatic heterocycles. The van der Waals surface area contributed by atoms with Crippen LogP contribution in [0, 0.1) is 11.3 Å². The van der Waals surface area contributed by atoms with Crippen LogP contribution < -0.4 is 11.1 Å². The molecule has 4 aromatic carbocycles. The molecule has 6 nitrogen and oxygen atoms in total. The van der Waals surface area contributed by atoms with Crippen molar-refractivity contribution in [2.24, 2.45) is 11.7 Å². The Morgan fingerprint density at radius 1 is 0.902 bits per heavy atom. The number of hydrogen-bond donors (Lipinski definition) is 3. The lowest BCUT2D eigenvalue weighted by Gasteiger charge is -2.24. The van der Waals surface area contributed by atoms with Gasteiger partial charge in [-0.1, -0.05) is 104 Å². The molecule has 0 unspecified atom stereocenters. The van der Waals surface area contributed by atoms with Crippen LogP contribution in [0.2, 0.25) is 0 Å². The number of esters is 1. The molecule has 0 radical (unpaired) electrons. The molecular weight excluding hydrogens is 510 g/mol. The zero-order valence-corrected chi connectivity index (χ0v) is 23.3. The van der Waals surface area contributed by atoms with E-state index in [1.165, 1.54) is 12.7 Å². The minimum atomic E-state index is -0.721. The summed E-state index contributed by atoms with van der Waals surface area (Å²) in [5, 5.41) is 10.8. The second-order valence-corrected chi connectivity index (χ2v) is 9.80. The van der Waals surface area contributed by atoms with Crippen molar-refractivity contribution < 1.29 is 14.3 Å². The number of methoxy groups -OCH3 is 1. The molecular formula is C35H35N3O3. The van der Waals surface area contributed by atoms with E-state index in [1.54, 1.807) is 30.3 Å². The Morgan fingerprint density at radius 2 is 1.61 bits per heavy atom. The summed E-state index contributed by atoms with van der Waals surface area (Å²) >= 11 is 0. The molecule has 1 amide bonds. The number of carbonyl (C=O) groups is 2. The summed E-state index contributed by atoms with van der Waals surface area (Å²) in [6.07, 6.45) is 4.91. The number of amidine groups is 1. The van der Waals surface area contributed by atoms with Crippen LogP contribution in [-0.4, -0.2) is 30.9 Å². The summed E-state index contributed by atoms with van der Waals surface area (Å²) in [6, 6.07) is 31.9. The maximum absolute atomic E-state index is 13.5. The summed E-state index contributed by atoms with van der Waals surface area (Å²) in [6.45, 7) is 2.12. The Bertz CT molecular complexity index is 1530. The fourth-order valence-corrected chi connectivity index (χ4v) is 4.84. The molecule has 4 aromatic rings. The van der Waals surface area contributed by atoms with E-state index in [4.69, 9.17) is 15.9 Å². The third-order valence-electron chi connectivity index (χ3n) is 7.08. The van der Waals surface area contributed by atoms with E-state index in [2.05, 4.69) is 24.4 Å². The van der Waals surface area contributed by atoms with E-state index in [0.717, 1.165) is 28.7 Å². The molecule has 0 aliphatic rings. The highest BCUT2D eigenvalue weighted by molar-refractivity contribution is 5.96. The van der Waals surface area contributed by atoms with Crippen molar-refractivity contribution in [3.8, 4) is 11.1 Å². The van der Waals surface area contributed by atoms with Gasteiger partial charge < -0.3 is 15.8 Å². The molecule has 0 fully saturated rings. The summed E-state index contributed by atoms with van der Waals surface area (Å²) in [4.78, 5) is 26.6. The first kappa shape index (κ1) is 29.0. The first-order chi connectivity index (χ1) is 19.9. The zero-order valence-electron chi connectivity index (χ0n) is 23.3. The van der Waals surface area contributed by atoms with Gasteiger partial charge in [0.25, 0.3) is 5.91 Å². The number of ether oxygens (including phenoxy) is 1. The largest absolute Gasteiger partial charge is 0.469 e. The molecule has 0 aliphatic carbocycles. The van der Waals surface area contributed by atoms with Gasteiger partial charge >= 0.3 is 5.97 Å². The van der Waals surface area contributed by atoms with Crippen molar-refractivity contribution in [2.75, 3.05) is 7.11 Å². The van der Waals surface area contributed by atoms with Crippen LogP contribution in [0.1, 0.15) is 39.5 Å². The number of hydrogen-bond acceptors (Lipinski definition) is 4. The van der Waals surface area contributed by atoms with Crippen molar-refractivity contribution in [3.63, 3.8) is 0 Å². The van der Waals surface area contributed by atoms with E-state index in [-0.39, 0.29) is 18.2 Å². The Labute approximate surface area is 241 Å². The Hall–Kier alpha value is -4.97. The van der Waals surface area contributed by atoms with Gasteiger partial charge in [-0.25, -0.2) is 0 Å². The molecule has 6 heteroatoms. The van der Waals surface area contributed by atoms with Crippen molar-refractivity contribution in [3.05, 3.63) is 137 Å². The van der Waals surface area contributed by atoms with Crippen molar-refractivity contribution >= 4 is 23.8 Å². The van der Waals surface area contributed by atoms with Crippen LogP contribution in [-0.2, 0) is 22.4 Å². The van der Waals surface area contributed by atoms with E-state index in [9.17, 15) is 9.59 Å². The van der Waals surface area contributed by atoms with Crippen LogP contribution in [0.3, 0.4) is 0 Å². The lowest BCUT2D eigenvalue weighted by molar-refractivity contribution is -0.145. The van der Waals surface area contributed by atoms with E-state index in [0.29, 0.717) is 11.1 Å². The van der Waals surface area contributed by atoms with Crippen molar-refractivity contribution in [2.45, 2.75) is 25.8 Å². The Morgan fingerprint density at radius 3 is 2.29 bits per heavy atom. The third-order valence-corrected chi connectivity index (χ3v) is 7.08. The number of rotatable bonds is 11. The van der Waals surface area contributed by atoms with Crippen molar-refractivity contribution in [1.29, 1.82) is 5.41 Å². The minimum absolute atomic E-state index is 0.0553. The highest BCUT2D eigenvalue weighted by Gasteiger charge is 2.30. The summed E-state index contributed by atoms with van der Waals surface area (Å²) in [7, 11) is 1.34. The Kier molecular flexibility index (Phi) is 9.84. The highest BCUT2D eigenvalue weighted by Crippen LogP contribution is 2.25. The van der Waals surface area contributed by atoms with Gasteiger partial charge in [-0.05, 0) is 58.9 Å². The molecule has 41 heavy (non-hydrogen) atoms. The van der Waals surface area contributed by atoms with E-state index >= 15 is 0 Å². The van der Waals surface area contributed by atoms with Gasteiger partial charge in [0.15, 0.2) is 0 Å². The zero-order chi connectivity index (χ0) is 29.2. The SMILES string of the molecule is CCc1ccccc1-c1ccc(C(=O)N[C@@H](/C=C/c2ccccc2)[C@H](Cc2cccc(C(=N)N)c2)C(=O)OC)cc1. The molecule has 208 valence electrons. The third kappa shape index (κ3) is 7.57. The number of benzene rings is 4. The van der Waals surface area contributed by atoms with Crippen LogP contribution >= 0.6 is 0 Å². The standard InChI is InChI=1S/C35H35N3O3/c1-3-26-13-7-8-15-30(26)27-17-19-28(20-18-27)34(39)38-32(21-16-24-10-5-4-6-11-24)31(35(40)41-2)23-25-12-9-14-29(22-25)33(36)37/h4-22,31-32H,3,23H2,1-2H3,(H3,36,37)(H,38,39)/b21-16+/t31-,32-/m0/s1. The number of aryl methyl sites for hydroxylation is 1. The molecule has 0 saturated heterocycles. The predicted octanol–water partition coefficient (Wildman–Crippen LogP) is 6.04. The number of nitrogens with two attached hydrogens (primary N) is 1. The lowest BCUT2D eigenvalue weighted by atomic mass is 9.90. The predicted molar refractivity (Wildman–Crippen MR) is 165 cm³/mol. The van der Waals surface area contributed by atoms with Gasteiger partial charge in [0, 0.05) is 11.1 Å². The average molecular weight is 546 g/mol. The molecule has 0 aromatic heterocycles. The number of amides is 1. The molecule has 0 heterocycles. The highest BCUT2D eigenvalue weighted by atomic mass is 16.5. The first-order valence-corrected chi connectivity index (χ1v) is 13.6. The monoisotopic (exact) mass is 545 g/mol. The van der Waals surface area contributed by atoms with E-state index < -0.39 is 17.9 Å². The molecule has 0 bridgehead atoms. The van der Waals surface area contributed by atoms with Gasteiger partial charge in [-0.2, -0.15) is 0 Å². The Balaban J connectivity index is 1.64. The summed E-state index contributed by atoms with van der Waals surface area (Å²) in [5.41, 5.74) is 11.9. The summed E-state index contributed by atoms with van der Waals surface area (Å²) in [5.74, 6) is -1.52. The summed E-state index contributed by atoms with van der Waals surface area (Å²) < 4.78 is 5.18. The van der Waals surface area contributed by atoms with Gasteiger partial charge in [-0.3, -0.25) is 15.0 Å². The second-order valence-electron chi connectivity index (χ2n) is 9.80. The van der Waals surface area contributed by atoms with Gasteiger partial charge in [0.1, 0.15) is 5.84 Å². The second kappa shape index (κ2) is 13.9. The maximum atomic E-state index is 13.5. The first-order valence-electron chi connectivity index (χ1n) is 13.6. The van der Waals surface area contributed by atoms with Crippen LogP contribution in [0.5, 0.6) is 0 Å². The smallest absolute Gasteiger partial charge is 0.311 e. The molecule has 0 spiro atoms. The fraction of sp³-hybridized carbons (Fsp3) is 0.171. The quantitative estimate of drug-likeness (QED) is 0.121. The minimum Gasteiger partial charge on any atom is -0.469 e. The lowest BCUT2D eigenvalue weighted by Crippen LogP contribution is -2.43. The van der Waals surface area contributed by atoms with Crippen molar-refractivity contribution in [1.82, 2.24) is 5.32 Å². The average Bonchev–Trinajstić information content (AvgIpc) is 3.02. The van der Waals surface area contributed by atoms with Crippen LogP contribution in [0.15, 0.2) is 109 Å². The van der Waals surface area contributed by atoms with Crippen LogP contribution in [0.25, 0.3) is 17.2 Å². The topological polar surface area (TPSA) is 105 Å². The van der Waals surface area contributed by atoms with E-state index in [1.807, 2.05) is 72.8 Å². The van der Waals surface area contributed by atoms with Gasteiger partial charge in [-0.15, -0.1) is 0 Å². The number of carbonyl (C=O) groups excluding carboxylic acids is 2. The van der Waals surface area contributed by atoms with Crippen LogP contribution in [0.4, 0.5) is 0 Å². The molecule has 2 atom stereocenters. The van der Waals surface area contributed by atoms with Gasteiger partial charge in [0.05, 0.1) is 19.1 Å². The normalized spacial score (nSPS) is 12.4. The van der Waals surface area contributed by atoms with Gasteiger partial charge in [0.2, 0.25) is 0 Å². The number of nitrogen functional groups attached to an aromatic ring is 1. The molecule has 0 saturated carbocycles.